The van der Waals surface area contributed by atoms with Crippen molar-refractivity contribution >= 4 is 5.91 Å². The number of alkyl halides is 2. The van der Waals surface area contributed by atoms with Gasteiger partial charge in [0.2, 0.25) is 5.91 Å². The lowest BCUT2D eigenvalue weighted by molar-refractivity contribution is -0.131. The number of likely N-dealkylation sites (tertiary alicyclic amines) is 1. The highest BCUT2D eigenvalue weighted by Gasteiger charge is 2.63. The Morgan fingerprint density at radius 1 is 1.43 bits per heavy atom. The fourth-order valence-corrected chi connectivity index (χ4v) is 2.14. The van der Waals surface area contributed by atoms with E-state index >= 15 is 0 Å². The number of hydrogen-bond acceptors (Lipinski definition) is 2. The first-order valence-corrected chi connectivity index (χ1v) is 4.87. The van der Waals surface area contributed by atoms with Gasteiger partial charge in [0.1, 0.15) is 0 Å². The molecule has 0 unspecified atom stereocenters. The summed E-state index contributed by atoms with van der Waals surface area (Å²) in [5.74, 6) is -2.89. The third-order valence-corrected chi connectivity index (χ3v) is 3.24. The first kappa shape index (κ1) is 9.83. The number of carbonyl (C=O) groups is 1. The highest BCUT2D eigenvalue weighted by molar-refractivity contribution is 5.76. The number of amides is 1. The minimum Gasteiger partial charge on any atom is -0.336 e. The number of carbonyl (C=O) groups excluding carboxylic acids is 1. The van der Waals surface area contributed by atoms with Crippen LogP contribution in [0.3, 0.4) is 0 Å². The van der Waals surface area contributed by atoms with E-state index in [9.17, 15) is 13.6 Å². The Kier molecular flexibility index (Phi) is 2.03. The molecule has 80 valence electrons. The van der Waals surface area contributed by atoms with Gasteiger partial charge in [-0.05, 0) is 0 Å². The predicted octanol–water partition coefficient (Wildman–Crippen LogP) is 0.464. The Morgan fingerprint density at radius 2 is 2.07 bits per heavy atom. The molecule has 1 N–H and O–H groups in total. The zero-order valence-electron chi connectivity index (χ0n) is 8.15. The predicted molar refractivity (Wildman–Crippen MR) is 47.1 cm³/mol. The van der Waals surface area contributed by atoms with Gasteiger partial charge < -0.3 is 10.2 Å². The topological polar surface area (TPSA) is 32.3 Å². The Balaban J connectivity index is 2.13. The molecule has 0 aromatic carbocycles. The molecular formula is C9H14F2N2O. The zero-order valence-corrected chi connectivity index (χ0v) is 8.15. The first-order chi connectivity index (χ1) is 6.51. The summed E-state index contributed by atoms with van der Waals surface area (Å²) < 4.78 is 27.1. The van der Waals surface area contributed by atoms with Crippen LogP contribution >= 0.6 is 0 Å². The third kappa shape index (κ3) is 1.15. The molecule has 0 aromatic rings. The lowest BCUT2D eigenvalue weighted by atomic mass is 9.78. The van der Waals surface area contributed by atoms with Crippen LogP contribution in [0.4, 0.5) is 8.78 Å². The molecule has 2 heterocycles. The molecule has 2 rings (SSSR count). The van der Waals surface area contributed by atoms with Crippen LogP contribution in [0.15, 0.2) is 0 Å². The molecule has 0 bridgehead atoms. The van der Waals surface area contributed by atoms with E-state index in [1.54, 1.807) is 6.92 Å². The lowest BCUT2D eigenvalue weighted by Crippen LogP contribution is -2.62. The fraction of sp³-hybridized carbons (Fsp3) is 0.889. The summed E-state index contributed by atoms with van der Waals surface area (Å²) in [6.45, 7) is 2.16. The largest absolute Gasteiger partial charge is 0.336 e. The van der Waals surface area contributed by atoms with Crippen LogP contribution in [0, 0.1) is 5.41 Å². The quantitative estimate of drug-likeness (QED) is 0.673. The molecule has 3 nitrogen and oxygen atoms in total. The molecule has 2 aliphatic rings. The van der Waals surface area contributed by atoms with Gasteiger partial charge in [-0.2, -0.15) is 0 Å². The van der Waals surface area contributed by atoms with Crippen LogP contribution in [0.25, 0.3) is 0 Å². The molecule has 2 aliphatic heterocycles. The van der Waals surface area contributed by atoms with Gasteiger partial charge in [0, 0.05) is 26.1 Å². The number of nitrogens with one attached hydrogen (secondary N) is 1. The summed E-state index contributed by atoms with van der Waals surface area (Å²) >= 11 is 0. The minimum absolute atomic E-state index is 0.173. The van der Waals surface area contributed by atoms with E-state index in [1.165, 1.54) is 4.90 Å². The van der Waals surface area contributed by atoms with Gasteiger partial charge in [-0.3, -0.25) is 4.79 Å². The second kappa shape index (κ2) is 2.89. The van der Waals surface area contributed by atoms with Crippen molar-refractivity contribution in [1.29, 1.82) is 0 Å². The molecule has 2 fully saturated rings. The van der Waals surface area contributed by atoms with Gasteiger partial charge in [0.15, 0.2) is 0 Å². The van der Waals surface area contributed by atoms with Crippen LogP contribution in [-0.4, -0.2) is 42.9 Å². The van der Waals surface area contributed by atoms with Gasteiger partial charge in [-0.1, -0.05) is 6.92 Å². The molecule has 0 aliphatic carbocycles. The van der Waals surface area contributed by atoms with Crippen molar-refractivity contribution < 1.29 is 13.6 Å². The first-order valence-electron chi connectivity index (χ1n) is 4.87. The van der Waals surface area contributed by atoms with E-state index in [2.05, 4.69) is 5.32 Å². The van der Waals surface area contributed by atoms with Crippen molar-refractivity contribution in [2.24, 2.45) is 5.41 Å². The number of hydrogen-bond donors (Lipinski definition) is 1. The van der Waals surface area contributed by atoms with E-state index in [1.807, 2.05) is 0 Å². The molecule has 1 spiro atoms. The number of halogens is 2. The van der Waals surface area contributed by atoms with Gasteiger partial charge in [-0.25, -0.2) is 8.78 Å². The molecule has 2 saturated heterocycles. The molecular weight excluding hydrogens is 190 g/mol. The summed E-state index contributed by atoms with van der Waals surface area (Å²) in [5, 5.41) is 2.86. The van der Waals surface area contributed by atoms with Gasteiger partial charge in [0.25, 0.3) is 5.92 Å². The third-order valence-electron chi connectivity index (χ3n) is 3.24. The van der Waals surface area contributed by atoms with E-state index < -0.39 is 17.9 Å². The maximum Gasteiger partial charge on any atom is 0.274 e. The van der Waals surface area contributed by atoms with Crippen molar-refractivity contribution in [3.8, 4) is 0 Å². The van der Waals surface area contributed by atoms with E-state index in [0.29, 0.717) is 19.5 Å². The Hall–Kier alpha value is -0.710. The van der Waals surface area contributed by atoms with Crippen LogP contribution in [0.5, 0.6) is 0 Å². The molecule has 0 saturated carbocycles. The Morgan fingerprint density at radius 3 is 2.43 bits per heavy atom. The second-order valence-electron chi connectivity index (χ2n) is 4.19. The van der Waals surface area contributed by atoms with Crippen LogP contribution < -0.4 is 5.32 Å². The monoisotopic (exact) mass is 204 g/mol. The average molecular weight is 204 g/mol. The van der Waals surface area contributed by atoms with Gasteiger partial charge in [-0.15, -0.1) is 0 Å². The van der Waals surface area contributed by atoms with Crippen molar-refractivity contribution in [1.82, 2.24) is 10.2 Å². The highest BCUT2D eigenvalue weighted by Crippen LogP contribution is 2.46. The van der Waals surface area contributed by atoms with Crippen molar-refractivity contribution in [2.75, 3.05) is 26.2 Å². The van der Waals surface area contributed by atoms with Crippen molar-refractivity contribution in [3.63, 3.8) is 0 Å². The Labute approximate surface area is 81.4 Å². The number of nitrogens with zero attached hydrogens (tertiary/aromatic N) is 1. The van der Waals surface area contributed by atoms with Crippen LogP contribution in [-0.2, 0) is 4.79 Å². The maximum absolute atomic E-state index is 13.6. The van der Waals surface area contributed by atoms with Gasteiger partial charge >= 0.3 is 0 Å². The smallest absolute Gasteiger partial charge is 0.274 e. The lowest BCUT2D eigenvalue weighted by Gasteiger charge is -2.42. The molecule has 0 radical (unpaired) electrons. The standard InChI is InChI=1S/C9H14F2N2O/c1-2-7(14)13-5-8(3-12-4-8)9(10,11)6-13/h12H,2-6H2,1H3. The van der Waals surface area contributed by atoms with E-state index in [0.717, 1.165) is 0 Å². The Bertz CT molecular complexity index is 264. The SMILES string of the molecule is CCC(=O)N1CC(F)(F)C2(CNC2)C1. The summed E-state index contributed by atoms with van der Waals surface area (Å²) in [6.07, 6.45) is 0.305. The number of rotatable bonds is 1. The second-order valence-corrected chi connectivity index (χ2v) is 4.19. The molecule has 0 aromatic heterocycles. The van der Waals surface area contributed by atoms with E-state index in [4.69, 9.17) is 0 Å². The van der Waals surface area contributed by atoms with Crippen LogP contribution in [0.2, 0.25) is 0 Å². The van der Waals surface area contributed by atoms with Crippen LogP contribution in [0.1, 0.15) is 13.3 Å². The fourth-order valence-electron chi connectivity index (χ4n) is 2.14. The van der Waals surface area contributed by atoms with E-state index in [-0.39, 0.29) is 12.5 Å². The zero-order chi connectivity index (χ0) is 10.4. The van der Waals surface area contributed by atoms with Crippen molar-refractivity contribution in [2.45, 2.75) is 19.3 Å². The maximum atomic E-state index is 13.6. The minimum atomic E-state index is -2.72. The van der Waals surface area contributed by atoms with Crippen molar-refractivity contribution in [3.05, 3.63) is 0 Å². The summed E-state index contributed by atoms with van der Waals surface area (Å²) in [7, 11) is 0. The summed E-state index contributed by atoms with van der Waals surface area (Å²) in [6, 6.07) is 0. The molecule has 0 atom stereocenters. The average Bonchev–Trinajstić information content (AvgIpc) is 2.35. The van der Waals surface area contributed by atoms with Gasteiger partial charge in [0.05, 0.1) is 12.0 Å². The molecule has 14 heavy (non-hydrogen) atoms. The highest BCUT2D eigenvalue weighted by atomic mass is 19.3. The summed E-state index contributed by atoms with van der Waals surface area (Å²) in [4.78, 5) is 12.6. The molecule has 5 heteroatoms. The normalized spacial score (nSPS) is 27.8. The molecule has 1 amide bonds. The summed E-state index contributed by atoms with van der Waals surface area (Å²) in [5.41, 5.74) is -0.974.